The van der Waals surface area contributed by atoms with Crippen LogP contribution in [0.3, 0.4) is 0 Å². The predicted octanol–water partition coefficient (Wildman–Crippen LogP) is 3.75. The van der Waals surface area contributed by atoms with Crippen LogP contribution in [0.2, 0.25) is 0 Å². The SMILES string of the molecule is CC1COCc2sc3nc(CC(=O)O)nc(N(C)C4CC4)c3c2C(C)(C)C1. The number of rotatable bonds is 4. The summed E-state index contributed by atoms with van der Waals surface area (Å²) in [5.41, 5.74) is 1.28. The van der Waals surface area contributed by atoms with E-state index in [4.69, 9.17) is 9.72 Å². The molecule has 7 heteroatoms. The Morgan fingerprint density at radius 1 is 1.37 bits per heavy atom. The average Bonchev–Trinajstić information content (AvgIpc) is 3.32. The van der Waals surface area contributed by atoms with Crippen molar-refractivity contribution in [3.63, 3.8) is 0 Å². The van der Waals surface area contributed by atoms with Gasteiger partial charge in [-0.2, -0.15) is 0 Å². The molecule has 2 aromatic heterocycles. The summed E-state index contributed by atoms with van der Waals surface area (Å²) in [6.07, 6.45) is 3.20. The van der Waals surface area contributed by atoms with Gasteiger partial charge in [-0.3, -0.25) is 4.79 Å². The zero-order valence-electron chi connectivity index (χ0n) is 16.4. The minimum atomic E-state index is -0.901. The number of nitrogens with zero attached hydrogens (tertiary/aromatic N) is 3. The van der Waals surface area contributed by atoms with Gasteiger partial charge in [-0.1, -0.05) is 20.8 Å². The standard InChI is InChI=1S/C20H27N3O3S/c1-11-8-20(2,3)17-13(10-26-9-11)27-19-16(17)18(23(4)12-5-6-12)21-14(22-19)7-15(24)25/h11-12H,5-10H2,1-4H3,(H,24,25). The van der Waals surface area contributed by atoms with Crippen molar-refractivity contribution in [2.75, 3.05) is 18.6 Å². The van der Waals surface area contributed by atoms with Crippen LogP contribution < -0.4 is 4.90 Å². The van der Waals surface area contributed by atoms with Crippen LogP contribution >= 0.6 is 11.3 Å². The van der Waals surface area contributed by atoms with E-state index in [2.05, 4.69) is 37.7 Å². The van der Waals surface area contributed by atoms with Crippen molar-refractivity contribution in [2.45, 2.75) is 64.5 Å². The lowest BCUT2D eigenvalue weighted by atomic mass is 9.76. The smallest absolute Gasteiger partial charge is 0.311 e. The summed E-state index contributed by atoms with van der Waals surface area (Å²) >= 11 is 1.64. The average molecular weight is 390 g/mol. The second kappa shape index (κ2) is 6.71. The van der Waals surface area contributed by atoms with Crippen LogP contribution in [0, 0.1) is 5.92 Å². The summed E-state index contributed by atoms with van der Waals surface area (Å²) in [6, 6.07) is 0.489. The van der Waals surface area contributed by atoms with E-state index >= 15 is 0 Å². The maximum absolute atomic E-state index is 11.2. The molecule has 0 bridgehead atoms. The number of anilines is 1. The third-order valence-electron chi connectivity index (χ3n) is 5.56. The third kappa shape index (κ3) is 3.55. The van der Waals surface area contributed by atoms with Crippen LogP contribution in [-0.4, -0.2) is 40.7 Å². The van der Waals surface area contributed by atoms with Crippen molar-refractivity contribution in [1.29, 1.82) is 0 Å². The van der Waals surface area contributed by atoms with Crippen molar-refractivity contribution in [2.24, 2.45) is 5.92 Å². The molecule has 0 spiro atoms. The highest BCUT2D eigenvalue weighted by atomic mass is 32.1. The van der Waals surface area contributed by atoms with E-state index in [0.29, 0.717) is 24.4 Å². The van der Waals surface area contributed by atoms with Crippen molar-refractivity contribution >= 4 is 33.3 Å². The van der Waals surface area contributed by atoms with E-state index in [9.17, 15) is 9.90 Å². The minimum Gasteiger partial charge on any atom is -0.481 e. The summed E-state index contributed by atoms with van der Waals surface area (Å²) in [7, 11) is 2.07. The van der Waals surface area contributed by atoms with Crippen LogP contribution in [0.5, 0.6) is 0 Å². The van der Waals surface area contributed by atoms with Crippen molar-refractivity contribution in [1.82, 2.24) is 9.97 Å². The quantitative estimate of drug-likeness (QED) is 0.858. The lowest BCUT2D eigenvalue weighted by Crippen LogP contribution is -2.27. The van der Waals surface area contributed by atoms with E-state index in [1.807, 2.05) is 0 Å². The molecule has 6 nitrogen and oxygen atoms in total. The number of carbonyl (C=O) groups is 1. The van der Waals surface area contributed by atoms with E-state index in [1.165, 1.54) is 10.4 Å². The molecule has 146 valence electrons. The molecule has 1 N–H and O–H groups in total. The van der Waals surface area contributed by atoms with Gasteiger partial charge in [-0.25, -0.2) is 9.97 Å². The summed E-state index contributed by atoms with van der Waals surface area (Å²) in [6.45, 7) is 8.19. The van der Waals surface area contributed by atoms with Gasteiger partial charge >= 0.3 is 5.97 Å². The Morgan fingerprint density at radius 3 is 2.78 bits per heavy atom. The molecule has 27 heavy (non-hydrogen) atoms. The van der Waals surface area contributed by atoms with Crippen LogP contribution in [0.15, 0.2) is 0 Å². The number of hydrogen-bond acceptors (Lipinski definition) is 6. The molecule has 0 radical (unpaired) electrons. The first-order chi connectivity index (χ1) is 12.8. The molecule has 0 amide bonds. The Kier molecular flexibility index (Phi) is 4.63. The van der Waals surface area contributed by atoms with E-state index < -0.39 is 5.97 Å². The number of ether oxygens (including phenoxy) is 1. The van der Waals surface area contributed by atoms with Crippen molar-refractivity contribution < 1.29 is 14.6 Å². The number of aromatic nitrogens is 2. The van der Waals surface area contributed by atoms with Gasteiger partial charge in [0.05, 0.1) is 12.0 Å². The first-order valence-corrected chi connectivity index (χ1v) is 10.4. The van der Waals surface area contributed by atoms with Gasteiger partial charge in [-0.05, 0) is 36.2 Å². The molecule has 0 saturated heterocycles. The molecule has 1 unspecified atom stereocenters. The fraction of sp³-hybridized carbons (Fsp3) is 0.650. The first-order valence-electron chi connectivity index (χ1n) is 9.61. The molecule has 1 saturated carbocycles. The van der Waals surface area contributed by atoms with Gasteiger partial charge in [-0.15, -0.1) is 11.3 Å². The van der Waals surface area contributed by atoms with Crippen molar-refractivity contribution in [3.05, 3.63) is 16.3 Å². The highest BCUT2D eigenvalue weighted by Gasteiger charge is 2.36. The molecule has 1 aliphatic carbocycles. The lowest BCUT2D eigenvalue weighted by molar-refractivity contribution is -0.136. The Labute approximate surface area is 163 Å². The molecule has 0 aromatic carbocycles. The van der Waals surface area contributed by atoms with Gasteiger partial charge in [0.15, 0.2) is 0 Å². The third-order valence-corrected chi connectivity index (χ3v) is 6.62. The predicted molar refractivity (Wildman–Crippen MR) is 107 cm³/mol. The van der Waals surface area contributed by atoms with Crippen LogP contribution in [0.1, 0.15) is 56.3 Å². The molecular weight excluding hydrogens is 362 g/mol. The highest BCUT2D eigenvalue weighted by molar-refractivity contribution is 7.19. The second-order valence-electron chi connectivity index (χ2n) is 8.66. The number of thiophene rings is 1. The lowest BCUT2D eigenvalue weighted by Gasteiger charge is -2.32. The van der Waals surface area contributed by atoms with E-state index in [-0.39, 0.29) is 11.8 Å². The molecule has 4 rings (SSSR count). The van der Waals surface area contributed by atoms with Crippen LogP contribution in [-0.2, 0) is 28.0 Å². The molecule has 3 heterocycles. The largest absolute Gasteiger partial charge is 0.481 e. The second-order valence-corrected chi connectivity index (χ2v) is 9.75. The molecule has 1 aliphatic heterocycles. The Hall–Kier alpha value is -1.73. The fourth-order valence-corrected chi connectivity index (χ4v) is 5.68. The monoisotopic (exact) mass is 389 g/mol. The first kappa shape index (κ1) is 18.6. The van der Waals surface area contributed by atoms with E-state index in [0.717, 1.165) is 41.9 Å². The maximum atomic E-state index is 11.2. The molecule has 1 atom stereocenters. The van der Waals surface area contributed by atoms with Crippen molar-refractivity contribution in [3.8, 4) is 0 Å². The summed E-state index contributed by atoms with van der Waals surface area (Å²) in [5, 5.41) is 10.3. The van der Waals surface area contributed by atoms with Crippen LogP contribution in [0.4, 0.5) is 5.82 Å². The Balaban J connectivity index is 1.95. The summed E-state index contributed by atoms with van der Waals surface area (Å²) < 4.78 is 5.95. The molecule has 2 aliphatic rings. The van der Waals surface area contributed by atoms with Crippen LogP contribution in [0.25, 0.3) is 10.2 Å². The number of aliphatic carboxylic acids is 1. The topological polar surface area (TPSA) is 75.5 Å². The Morgan fingerprint density at radius 2 is 2.11 bits per heavy atom. The molecule has 1 fully saturated rings. The van der Waals surface area contributed by atoms with E-state index in [1.54, 1.807) is 11.3 Å². The maximum Gasteiger partial charge on any atom is 0.311 e. The molecular formula is C20H27N3O3S. The highest BCUT2D eigenvalue weighted by Crippen LogP contribution is 2.47. The number of carboxylic acid groups (broad SMARTS) is 1. The summed E-state index contributed by atoms with van der Waals surface area (Å²) in [4.78, 5) is 24.9. The molecule has 2 aromatic rings. The summed E-state index contributed by atoms with van der Waals surface area (Å²) in [5.74, 6) is 0.859. The minimum absolute atomic E-state index is 0.00635. The van der Waals surface area contributed by atoms with Gasteiger partial charge < -0.3 is 14.7 Å². The zero-order chi connectivity index (χ0) is 19.3. The van der Waals surface area contributed by atoms with Gasteiger partial charge in [0.25, 0.3) is 0 Å². The number of fused-ring (bicyclic) bond motifs is 3. The Bertz CT molecular complexity index is 888. The zero-order valence-corrected chi connectivity index (χ0v) is 17.2. The van der Waals surface area contributed by atoms with Gasteiger partial charge in [0, 0.05) is 24.6 Å². The van der Waals surface area contributed by atoms with Gasteiger partial charge in [0.1, 0.15) is 22.9 Å². The fourth-order valence-electron chi connectivity index (χ4n) is 4.38. The normalized spacial score (nSPS) is 22.1. The van der Waals surface area contributed by atoms with Gasteiger partial charge in [0.2, 0.25) is 0 Å². The number of hydrogen-bond donors (Lipinski definition) is 1. The number of carboxylic acids is 1.